The lowest BCUT2D eigenvalue weighted by atomic mass is 9.66. The molecule has 2 nitrogen and oxygen atoms in total. The molecule has 0 bridgehead atoms. The van der Waals surface area contributed by atoms with Crippen LogP contribution in [0, 0.1) is 18.8 Å². The number of fused-ring (bicyclic) bond motifs is 1. The highest BCUT2D eigenvalue weighted by Crippen LogP contribution is 2.49. The van der Waals surface area contributed by atoms with Gasteiger partial charge in [0.05, 0.1) is 0 Å². The molecule has 1 heterocycles. The summed E-state index contributed by atoms with van der Waals surface area (Å²) < 4.78 is 6.49. The molecule has 0 amide bonds. The molecular formula is C17H25NO. The summed E-state index contributed by atoms with van der Waals surface area (Å²) in [5, 5.41) is 0. The van der Waals surface area contributed by atoms with Crippen LogP contribution in [0.5, 0.6) is 5.75 Å². The summed E-state index contributed by atoms with van der Waals surface area (Å²) in [6, 6.07) is 6.54. The van der Waals surface area contributed by atoms with Crippen LogP contribution in [0.15, 0.2) is 18.2 Å². The molecule has 3 rings (SSSR count). The number of rotatable bonds is 0. The van der Waals surface area contributed by atoms with Gasteiger partial charge in [-0.05, 0) is 37.7 Å². The van der Waals surface area contributed by atoms with Crippen molar-refractivity contribution in [1.29, 1.82) is 0 Å². The van der Waals surface area contributed by atoms with Gasteiger partial charge in [-0.1, -0.05) is 38.0 Å². The molecule has 1 aliphatic heterocycles. The van der Waals surface area contributed by atoms with E-state index in [0.717, 1.165) is 24.5 Å². The Morgan fingerprint density at radius 3 is 2.89 bits per heavy atom. The van der Waals surface area contributed by atoms with E-state index in [4.69, 9.17) is 10.5 Å². The molecule has 0 radical (unpaired) electrons. The molecule has 1 aromatic rings. The second kappa shape index (κ2) is 4.52. The van der Waals surface area contributed by atoms with Crippen molar-refractivity contribution in [3.05, 3.63) is 29.3 Å². The summed E-state index contributed by atoms with van der Waals surface area (Å²) in [4.78, 5) is 0. The lowest BCUT2D eigenvalue weighted by Gasteiger charge is -2.50. The smallest absolute Gasteiger partial charge is 0.124 e. The Labute approximate surface area is 116 Å². The highest BCUT2D eigenvalue weighted by Gasteiger charge is 2.47. The SMILES string of the molecule is Cc1ccc2c(c1)[C@@H](N)CC1(CCCC(C)C1C)O2. The summed E-state index contributed by atoms with van der Waals surface area (Å²) >= 11 is 0. The van der Waals surface area contributed by atoms with E-state index >= 15 is 0 Å². The van der Waals surface area contributed by atoms with Gasteiger partial charge in [-0.3, -0.25) is 0 Å². The van der Waals surface area contributed by atoms with Crippen molar-refractivity contribution < 1.29 is 4.74 Å². The molecule has 2 heteroatoms. The molecule has 2 N–H and O–H groups in total. The summed E-state index contributed by atoms with van der Waals surface area (Å²) in [5.41, 5.74) is 8.87. The van der Waals surface area contributed by atoms with E-state index < -0.39 is 0 Å². The third-order valence-corrected chi connectivity index (χ3v) is 5.39. The molecule has 0 aromatic heterocycles. The Bertz CT molecular complexity index is 484. The molecule has 1 aliphatic carbocycles. The molecule has 1 fully saturated rings. The molecule has 19 heavy (non-hydrogen) atoms. The van der Waals surface area contributed by atoms with Crippen molar-refractivity contribution in [3.8, 4) is 5.75 Å². The number of ether oxygens (including phenoxy) is 1. The maximum absolute atomic E-state index is 6.49. The maximum atomic E-state index is 6.49. The van der Waals surface area contributed by atoms with E-state index in [2.05, 4.69) is 39.0 Å². The average molecular weight is 259 g/mol. The van der Waals surface area contributed by atoms with Crippen molar-refractivity contribution in [1.82, 2.24) is 0 Å². The Morgan fingerprint density at radius 1 is 1.32 bits per heavy atom. The quantitative estimate of drug-likeness (QED) is 0.765. The van der Waals surface area contributed by atoms with Gasteiger partial charge >= 0.3 is 0 Å². The van der Waals surface area contributed by atoms with Gasteiger partial charge in [-0.25, -0.2) is 0 Å². The van der Waals surface area contributed by atoms with E-state index in [1.54, 1.807) is 0 Å². The number of benzene rings is 1. The van der Waals surface area contributed by atoms with Gasteiger partial charge in [0.2, 0.25) is 0 Å². The van der Waals surface area contributed by atoms with Crippen LogP contribution in [0.1, 0.15) is 56.7 Å². The van der Waals surface area contributed by atoms with Gasteiger partial charge in [0.1, 0.15) is 11.4 Å². The second-order valence-corrected chi connectivity index (χ2v) is 6.68. The zero-order valence-corrected chi connectivity index (χ0v) is 12.3. The number of nitrogens with two attached hydrogens (primary N) is 1. The van der Waals surface area contributed by atoms with Crippen LogP contribution >= 0.6 is 0 Å². The van der Waals surface area contributed by atoms with Crippen LogP contribution in [0.3, 0.4) is 0 Å². The first-order valence-electron chi connectivity index (χ1n) is 7.57. The zero-order chi connectivity index (χ0) is 13.6. The van der Waals surface area contributed by atoms with Gasteiger partial charge in [-0.2, -0.15) is 0 Å². The lowest BCUT2D eigenvalue weighted by molar-refractivity contribution is -0.0614. The van der Waals surface area contributed by atoms with Crippen LogP contribution in [0.4, 0.5) is 0 Å². The van der Waals surface area contributed by atoms with E-state index in [-0.39, 0.29) is 11.6 Å². The molecule has 1 saturated carbocycles. The molecule has 0 saturated heterocycles. The number of aryl methyl sites for hydroxylation is 1. The van der Waals surface area contributed by atoms with Crippen molar-refractivity contribution in [3.63, 3.8) is 0 Å². The lowest BCUT2D eigenvalue weighted by Crippen LogP contribution is -2.52. The fourth-order valence-corrected chi connectivity index (χ4v) is 3.94. The Kier molecular flexibility index (Phi) is 3.09. The predicted octanol–water partition coefficient (Wildman–Crippen LogP) is 3.97. The summed E-state index contributed by atoms with van der Waals surface area (Å²) in [7, 11) is 0. The van der Waals surface area contributed by atoms with Gasteiger partial charge in [-0.15, -0.1) is 0 Å². The van der Waals surface area contributed by atoms with Crippen molar-refractivity contribution in [2.45, 2.75) is 58.1 Å². The minimum absolute atomic E-state index is 0.0284. The van der Waals surface area contributed by atoms with Crippen molar-refractivity contribution >= 4 is 0 Å². The number of hydrogen-bond donors (Lipinski definition) is 1. The molecule has 3 unspecified atom stereocenters. The highest BCUT2D eigenvalue weighted by molar-refractivity contribution is 5.41. The van der Waals surface area contributed by atoms with Crippen LogP contribution in [0.25, 0.3) is 0 Å². The average Bonchev–Trinajstić information content (AvgIpc) is 2.37. The van der Waals surface area contributed by atoms with E-state index in [1.807, 2.05) is 0 Å². The van der Waals surface area contributed by atoms with Crippen molar-refractivity contribution in [2.24, 2.45) is 17.6 Å². The minimum Gasteiger partial charge on any atom is -0.487 e. The molecule has 1 aromatic carbocycles. The predicted molar refractivity (Wildman–Crippen MR) is 78.3 cm³/mol. The van der Waals surface area contributed by atoms with Crippen LogP contribution in [-0.2, 0) is 0 Å². The Morgan fingerprint density at radius 2 is 2.11 bits per heavy atom. The Hall–Kier alpha value is -1.02. The first-order valence-corrected chi connectivity index (χ1v) is 7.57. The van der Waals surface area contributed by atoms with E-state index in [9.17, 15) is 0 Å². The Balaban J connectivity index is 1.98. The first-order chi connectivity index (χ1) is 9.02. The molecule has 2 aliphatic rings. The maximum Gasteiger partial charge on any atom is 0.124 e. The fraction of sp³-hybridized carbons (Fsp3) is 0.647. The van der Waals surface area contributed by atoms with E-state index in [0.29, 0.717) is 5.92 Å². The monoisotopic (exact) mass is 259 g/mol. The van der Waals surface area contributed by atoms with Crippen LogP contribution in [-0.4, -0.2) is 5.60 Å². The molecule has 104 valence electrons. The fourth-order valence-electron chi connectivity index (χ4n) is 3.94. The highest BCUT2D eigenvalue weighted by atomic mass is 16.5. The minimum atomic E-state index is -0.0284. The molecule has 1 spiro atoms. The third-order valence-electron chi connectivity index (χ3n) is 5.39. The largest absolute Gasteiger partial charge is 0.487 e. The molecular weight excluding hydrogens is 234 g/mol. The number of hydrogen-bond acceptors (Lipinski definition) is 2. The first kappa shape index (κ1) is 13.0. The van der Waals surface area contributed by atoms with E-state index in [1.165, 1.54) is 24.0 Å². The third kappa shape index (κ3) is 2.06. The van der Waals surface area contributed by atoms with Crippen molar-refractivity contribution in [2.75, 3.05) is 0 Å². The topological polar surface area (TPSA) is 35.2 Å². The molecule has 4 atom stereocenters. The zero-order valence-electron chi connectivity index (χ0n) is 12.3. The summed E-state index contributed by atoms with van der Waals surface area (Å²) in [5.74, 6) is 2.33. The van der Waals surface area contributed by atoms with Gasteiger partial charge in [0.25, 0.3) is 0 Å². The second-order valence-electron chi connectivity index (χ2n) is 6.68. The van der Waals surface area contributed by atoms with Crippen LogP contribution in [0.2, 0.25) is 0 Å². The van der Waals surface area contributed by atoms with Gasteiger partial charge in [0, 0.05) is 18.0 Å². The normalized spacial score (nSPS) is 37.8. The standard InChI is InChI=1S/C17H25NO/c1-11-6-7-16-14(9-11)15(18)10-17(19-16)8-4-5-12(2)13(17)3/h6-7,9,12-13,15H,4-5,8,10,18H2,1-3H3/t12?,13?,15-,17?/m0/s1. The summed E-state index contributed by atoms with van der Waals surface area (Å²) in [6.07, 6.45) is 4.70. The summed E-state index contributed by atoms with van der Waals surface area (Å²) in [6.45, 7) is 6.81. The van der Waals surface area contributed by atoms with Crippen LogP contribution < -0.4 is 10.5 Å². The van der Waals surface area contributed by atoms with Gasteiger partial charge < -0.3 is 10.5 Å². The van der Waals surface area contributed by atoms with Gasteiger partial charge in [0.15, 0.2) is 0 Å².